The molecule has 1 N–H and O–H groups in total. The molecule has 0 fully saturated rings. The number of hydrogen-bond donors (Lipinski definition) is 1. The van der Waals surface area contributed by atoms with Gasteiger partial charge < -0.3 is 14.4 Å². The summed E-state index contributed by atoms with van der Waals surface area (Å²) in [5.74, 6) is -0.199. The predicted molar refractivity (Wildman–Crippen MR) is 117 cm³/mol. The molecule has 3 rings (SSSR count). The molecule has 1 atom stereocenters. The van der Waals surface area contributed by atoms with Gasteiger partial charge in [-0.3, -0.25) is 4.79 Å². The zero-order valence-corrected chi connectivity index (χ0v) is 18.0. The Balaban J connectivity index is 1.65. The largest absolute Gasteiger partial charge is 0.466 e. The van der Waals surface area contributed by atoms with Gasteiger partial charge in [0, 0.05) is 23.9 Å². The number of ether oxygens (including phenoxy) is 1. The van der Waals surface area contributed by atoms with Gasteiger partial charge in [-0.15, -0.1) is 0 Å². The van der Waals surface area contributed by atoms with Crippen LogP contribution in [0, 0.1) is 0 Å². The lowest BCUT2D eigenvalue weighted by molar-refractivity contribution is -0.141. The summed E-state index contributed by atoms with van der Waals surface area (Å²) in [6, 6.07) is 14.8. The third kappa shape index (κ3) is 5.43. The average molecular weight is 419 g/mol. The van der Waals surface area contributed by atoms with Crippen LogP contribution in [0.2, 0.25) is 5.02 Å². The molecule has 0 saturated carbocycles. The van der Waals surface area contributed by atoms with Gasteiger partial charge in [-0.05, 0) is 60.7 Å². The van der Waals surface area contributed by atoms with Gasteiger partial charge >= 0.3 is 5.97 Å². The second kappa shape index (κ2) is 10.2. The summed E-state index contributed by atoms with van der Waals surface area (Å²) in [4.78, 5) is 12.0. The minimum absolute atomic E-state index is 0.141. The van der Waals surface area contributed by atoms with Gasteiger partial charge in [0.25, 0.3) is 0 Å². The second-order valence-corrected chi connectivity index (χ2v) is 8.58. The Morgan fingerprint density at radius 2 is 1.93 bits per heavy atom. The number of para-hydroxylation sites is 1. The van der Waals surface area contributed by atoms with Gasteiger partial charge in [0.2, 0.25) is 0 Å². The van der Waals surface area contributed by atoms with Crippen LogP contribution in [-0.2, 0) is 9.53 Å². The van der Waals surface area contributed by atoms with Crippen molar-refractivity contribution in [3.63, 3.8) is 0 Å². The van der Waals surface area contributed by atoms with Gasteiger partial charge in [-0.25, -0.2) is 0 Å². The first kappa shape index (κ1) is 21.0. The Kier molecular flexibility index (Phi) is 7.65. The van der Waals surface area contributed by atoms with Crippen molar-refractivity contribution in [3.05, 3.63) is 58.6 Å². The molecule has 6 heteroatoms. The summed E-state index contributed by atoms with van der Waals surface area (Å²) in [6.07, 6.45) is 4.20. The molecule has 4 nitrogen and oxygen atoms in total. The van der Waals surface area contributed by atoms with Crippen LogP contribution in [0.15, 0.2) is 47.4 Å². The highest BCUT2D eigenvalue weighted by Crippen LogP contribution is 2.43. The van der Waals surface area contributed by atoms with Crippen molar-refractivity contribution in [3.8, 4) is 0 Å². The van der Waals surface area contributed by atoms with Crippen molar-refractivity contribution in [1.29, 1.82) is 0 Å². The topological polar surface area (TPSA) is 41.6 Å². The van der Waals surface area contributed by atoms with E-state index >= 15 is 0 Å². The number of halogens is 1. The first-order valence-electron chi connectivity index (χ1n) is 9.73. The monoisotopic (exact) mass is 418 g/mol. The van der Waals surface area contributed by atoms with Crippen LogP contribution in [0.4, 0.5) is 5.69 Å². The van der Waals surface area contributed by atoms with Crippen molar-refractivity contribution in [1.82, 2.24) is 5.32 Å². The first-order valence-corrected chi connectivity index (χ1v) is 10.9. The third-order valence-electron chi connectivity index (χ3n) is 4.83. The van der Waals surface area contributed by atoms with Gasteiger partial charge in [0.05, 0.1) is 18.3 Å². The Bertz CT molecular complexity index is 815. The molecule has 2 aromatic rings. The van der Waals surface area contributed by atoms with Gasteiger partial charge in [0.15, 0.2) is 0 Å². The lowest BCUT2D eigenvalue weighted by Gasteiger charge is -2.22. The van der Waals surface area contributed by atoms with E-state index in [-0.39, 0.29) is 12.0 Å². The number of fused-ring (bicyclic) bond motifs is 2. The number of rotatable bonds is 8. The van der Waals surface area contributed by atoms with E-state index in [0.29, 0.717) is 6.61 Å². The van der Waals surface area contributed by atoms with Crippen LogP contribution < -0.4 is 9.62 Å². The lowest BCUT2D eigenvalue weighted by Crippen LogP contribution is -2.24. The third-order valence-corrected chi connectivity index (χ3v) is 6.09. The number of unbranched alkanes of at least 4 members (excludes halogenated alkanes) is 3. The molecular weight excluding hydrogens is 392 g/mol. The number of anilines is 1. The highest BCUT2D eigenvalue weighted by Gasteiger charge is 2.26. The number of nitrogens with zero attached hydrogens (tertiary/aromatic N) is 1. The van der Waals surface area contributed by atoms with E-state index in [1.165, 1.54) is 28.6 Å². The molecule has 0 radical (unpaired) electrons. The molecule has 0 spiro atoms. The van der Waals surface area contributed by atoms with Crippen LogP contribution >= 0.6 is 23.5 Å². The smallest absolute Gasteiger partial charge is 0.302 e. The number of hydrogen-bond acceptors (Lipinski definition) is 5. The van der Waals surface area contributed by atoms with Crippen molar-refractivity contribution in [2.45, 2.75) is 43.5 Å². The van der Waals surface area contributed by atoms with Crippen molar-refractivity contribution in [2.24, 2.45) is 0 Å². The van der Waals surface area contributed by atoms with Crippen molar-refractivity contribution in [2.75, 3.05) is 24.5 Å². The summed E-state index contributed by atoms with van der Waals surface area (Å²) in [6.45, 7) is 2.91. The number of nitrogens with one attached hydrogen (secondary N) is 1. The summed E-state index contributed by atoms with van der Waals surface area (Å²) in [7, 11) is 2.10. The molecule has 0 aliphatic carbocycles. The molecule has 0 aromatic heterocycles. The molecule has 1 unspecified atom stereocenters. The van der Waals surface area contributed by atoms with E-state index in [9.17, 15) is 4.79 Å². The lowest BCUT2D eigenvalue weighted by atomic mass is 9.96. The quantitative estimate of drug-likeness (QED) is 0.343. The van der Waals surface area contributed by atoms with Gasteiger partial charge in [-0.2, -0.15) is 0 Å². The van der Waals surface area contributed by atoms with E-state index in [0.717, 1.165) is 37.3 Å². The Morgan fingerprint density at radius 3 is 2.75 bits per heavy atom. The number of carbonyl (C=O) groups is 1. The number of benzene rings is 2. The van der Waals surface area contributed by atoms with Crippen molar-refractivity contribution >= 4 is 35.2 Å². The molecule has 2 aromatic carbocycles. The van der Waals surface area contributed by atoms with Crippen molar-refractivity contribution < 1.29 is 9.53 Å². The molecule has 0 saturated heterocycles. The van der Waals surface area contributed by atoms with E-state index in [1.807, 2.05) is 12.1 Å². The molecule has 0 amide bonds. The number of esters is 1. The fraction of sp³-hybridized carbons (Fsp3) is 0.409. The first-order chi connectivity index (χ1) is 13.6. The Morgan fingerprint density at radius 1 is 1.14 bits per heavy atom. The zero-order chi connectivity index (χ0) is 19.9. The minimum atomic E-state index is -0.199. The van der Waals surface area contributed by atoms with Crippen LogP contribution in [0.25, 0.3) is 0 Å². The zero-order valence-electron chi connectivity index (χ0n) is 16.4. The molecule has 1 aliphatic heterocycles. The maximum atomic E-state index is 10.8. The molecular formula is C22H27ClN2O2S. The van der Waals surface area contributed by atoms with Crippen LogP contribution in [0.5, 0.6) is 0 Å². The van der Waals surface area contributed by atoms with E-state index in [4.69, 9.17) is 16.3 Å². The normalized spacial score (nSPS) is 15.5. The molecule has 150 valence electrons. The predicted octanol–water partition coefficient (Wildman–Crippen LogP) is 5.60. The van der Waals surface area contributed by atoms with E-state index in [2.05, 4.69) is 47.0 Å². The summed E-state index contributed by atoms with van der Waals surface area (Å²) < 4.78 is 7.19. The fourth-order valence-electron chi connectivity index (χ4n) is 3.47. The second-order valence-electron chi connectivity index (χ2n) is 6.97. The average Bonchev–Trinajstić information content (AvgIpc) is 2.78. The Hall–Kier alpha value is -1.69. The SMILES string of the molecule is CC(=O)OCCCCCCNC1c2ccc(Cl)cc2SN(C)c2ccccc21. The highest BCUT2D eigenvalue weighted by molar-refractivity contribution is 8.00. The van der Waals surface area contributed by atoms with E-state index in [1.54, 1.807) is 11.9 Å². The van der Waals surface area contributed by atoms with E-state index < -0.39 is 0 Å². The minimum Gasteiger partial charge on any atom is -0.466 e. The van der Waals surface area contributed by atoms with Gasteiger partial charge in [-0.1, -0.05) is 48.7 Å². The van der Waals surface area contributed by atoms with Gasteiger partial charge in [0.1, 0.15) is 0 Å². The molecule has 28 heavy (non-hydrogen) atoms. The standard InChI is InChI=1S/C22H27ClN2O2S/c1-16(26)27-14-8-4-3-7-13-24-22-18-9-5-6-10-20(18)25(2)28-21-15-17(23)11-12-19(21)22/h5-6,9-12,15,22,24H,3-4,7-8,13-14H2,1-2H3. The summed E-state index contributed by atoms with van der Waals surface area (Å²) in [5.41, 5.74) is 3.77. The Labute approximate surface area is 176 Å². The highest BCUT2D eigenvalue weighted by atomic mass is 35.5. The number of carbonyl (C=O) groups excluding carboxylic acids is 1. The maximum absolute atomic E-state index is 10.8. The van der Waals surface area contributed by atoms with Crippen LogP contribution in [-0.4, -0.2) is 26.2 Å². The molecule has 0 bridgehead atoms. The summed E-state index contributed by atoms with van der Waals surface area (Å²) in [5, 5.41) is 4.52. The fourth-order valence-corrected chi connectivity index (χ4v) is 4.74. The summed E-state index contributed by atoms with van der Waals surface area (Å²) >= 11 is 7.98. The molecule has 1 heterocycles. The molecule has 1 aliphatic rings. The maximum Gasteiger partial charge on any atom is 0.302 e. The van der Waals surface area contributed by atoms with Crippen LogP contribution in [0.1, 0.15) is 49.8 Å². The van der Waals surface area contributed by atoms with Crippen LogP contribution in [0.3, 0.4) is 0 Å².